The summed E-state index contributed by atoms with van der Waals surface area (Å²) in [6, 6.07) is 0. The van der Waals surface area contributed by atoms with Crippen molar-refractivity contribution < 1.29 is 17.9 Å². The molecule has 1 heterocycles. The minimum atomic E-state index is -4.50. The van der Waals surface area contributed by atoms with Gasteiger partial charge in [0.05, 0.1) is 12.9 Å². The van der Waals surface area contributed by atoms with Crippen LogP contribution in [0.25, 0.3) is 6.08 Å². The standard InChI is InChI=1S/C9H9F3N2O/c1-2-15-4-3-7-5-13-8(14-6-7)9(10,11)12/h3-6H,2H2,1H3/b4-3-. The first-order valence-electron chi connectivity index (χ1n) is 4.21. The van der Waals surface area contributed by atoms with E-state index in [1.54, 1.807) is 6.92 Å². The first kappa shape index (κ1) is 11.5. The molecule has 0 unspecified atom stereocenters. The fourth-order valence-corrected chi connectivity index (χ4v) is 0.793. The van der Waals surface area contributed by atoms with Gasteiger partial charge >= 0.3 is 6.18 Å². The van der Waals surface area contributed by atoms with E-state index in [9.17, 15) is 13.2 Å². The second-order valence-corrected chi connectivity index (χ2v) is 2.60. The van der Waals surface area contributed by atoms with E-state index in [1.807, 2.05) is 0 Å². The number of hydrogen-bond acceptors (Lipinski definition) is 3. The third kappa shape index (κ3) is 3.57. The highest BCUT2D eigenvalue weighted by Crippen LogP contribution is 2.25. The quantitative estimate of drug-likeness (QED) is 0.731. The normalized spacial score (nSPS) is 12.0. The van der Waals surface area contributed by atoms with Crippen LogP contribution < -0.4 is 0 Å². The Labute approximate surface area is 84.6 Å². The summed E-state index contributed by atoms with van der Waals surface area (Å²) in [6.45, 7) is 2.30. The van der Waals surface area contributed by atoms with E-state index >= 15 is 0 Å². The number of alkyl halides is 3. The van der Waals surface area contributed by atoms with Gasteiger partial charge in [0.25, 0.3) is 0 Å². The van der Waals surface area contributed by atoms with Gasteiger partial charge in [0.2, 0.25) is 5.82 Å². The van der Waals surface area contributed by atoms with E-state index in [-0.39, 0.29) is 0 Å². The molecule has 0 radical (unpaired) electrons. The van der Waals surface area contributed by atoms with Gasteiger partial charge in [0, 0.05) is 18.0 Å². The summed E-state index contributed by atoms with van der Waals surface area (Å²) in [5.74, 6) is -1.14. The third-order valence-corrected chi connectivity index (χ3v) is 1.45. The molecule has 1 rings (SSSR count). The SMILES string of the molecule is CCO/C=C\c1cnc(C(F)(F)F)nc1. The first-order chi connectivity index (χ1) is 7.04. The molecule has 0 aliphatic rings. The van der Waals surface area contributed by atoms with Gasteiger partial charge in [0.15, 0.2) is 0 Å². The molecule has 0 aliphatic carbocycles. The Morgan fingerprint density at radius 2 is 1.93 bits per heavy atom. The van der Waals surface area contributed by atoms with Crippen LogP contribution in [0.2, 0.25) is 0 Å². The van der Waals surface area contributed by atoms with Gasteiger partial charge in [-0.15, -0.1) is 0 Å². The van der Waals surface area contributed by atoms with Crippen LogP contribution in [0.15, 0.2) is 18.7 Å². The number of ether oxygens (including phenoxy) is 1. The average molecular weight is 218 g/mol. The fraction of sp³-hybridized carbons (Fsp3) is 0.333. The van der Waals surface area contributed by atoms with Crippen molar-refractivity contribution in [2.45, 2.75) is 13.1 Å². The highest BCUT2D eigenvalue weighted by atomic mass is 19.4. The fourth-order valence-electron chi connectivity index (χ4n) is 0.793. The molecule has 0 amide bonds. The zero-order valence-corrected chi connectivity index (χ0v) is 7.95. The van der Waals surface area contributed by atoms with E-state index in [0.717, 1.165) is 12.4 Å². The topological polar surface area (TPSA) is 35.0 Å². The second-order valence-electron chi connectivity index (χ2n) is 2.60. The smallest absolute Gasteiger partial charge is 0.451 e. The summed E-state index contributed by atoms with van der Waals surface area (Å²) >= 11 is 0. The zero-order chi connectivity index (χ0) is 11.3. The molecule has 15 heavy (non-hydrogen) atoms. The Morgan fingerprint density at radius 3 is 2.40 bits per heavy atom. The molecule has 82 valence electrons. The van der Waals surface area contributed by atoms with Crippen LogP contribution in [0.1, 0.15) is 18.3 Å². The van der Waals surface area contributed by atoms with Crippen molar-refractivity contribution in [1.82, 2.24) is 9.97 Å². The minimum Gasteiger partial charge on any atom is -0.501 e. The van der Waals surface area contributed by atoms with E-state index in [1.165, 1.54) is 12.3 Å². The molecular formula is C9H9F3N2O. The maximum atomic E-state index is 12.1. The minimum absolute atomic E-state index is 0.455. The van der Waals surface area contributed by atoms with E-state index in [0.29, 0.717) is 12.2 Å². The van der Waals surface area contributed by atoms with Crippen LogP contribution in [0.4, 0.5) is 13.2 Å². The lowest BCUT2D eigenvalue weighted by atomic mass is 10.3. The maximum Gasteiger partial charge on any atom is 0.451 e. The predicted octanol–water partition coefficient (Wildman–Crippen LogP) is 2.50. The maximum absolute atomic E-state index is 12.1. The summed E-state index contributed by atoms with van der Waals surface area (Å²) in [7, 11) is 0. The van der Waals surface area contributed by atoms with Crippen LogP contribution in [0, 0.1) is 0 Å². The average Bonchev–Trinajstić information content (AvgIpc) is 2.18. The highest BCUT2D eigenvalue weighted by molar-refractivity contribution is 5.44. The number of halogens is 3. The number of hydrogen-bond donors (Lipinski definition) is 0. The van der Waals surface area contributed by atoms with Crippen molar-refractivity contribution >= 4 is 6.08 Å². The van der Waals surface area contributed by atoms with Crippen molar-refractivity contribution in [2.24, 2.45) is 0 Å². The zero-order valence-electron chi connectivity index (χ0n) is 7.95. The van der Waals surface area contributed by atoms with Crippen LogP contribution in [0.5, 0.6) is 0 Å². The Hall–Kier alpha value is -1.59. The lowest BCUT2D eigenvalue weighted by molar-refractivity contribution is -0.145. The van der Waals surface area contributed by atoms with Crippen molar-refractivity contribution in [1.29, 1.82) is 0 Å². The number of nitrogens with zero attached hydrogens (tertiary/aromatic N) is 2. The molecule has 0 N–H and O–H groups in total. The second kappa shape index (κ2) is 4.77. The van der Waals surface area contributed by atoms with Gasteiger partial charge in [0.1, 0.15) is 0 Å². The molecule has 0 saturated carbocycles. The van der Waals surface area contributed by atoms with Crippen LogP contribution >= 0.6 is 0 Å². The van der Waals surface area contributed by atoms with Gasteiger partial charge in [-0.2, -0.15) is 13.2 Å². The molecular weight excluding hydrogens is 209 g/mol. The summed E-state index contributed by atoms with van der Waals surface area (Å²) < 4.78 is 41.1. The lowest BCUT2D eigenvalue weighted by Crippen LogP contribution is -2.10. The van der Waals surface area contributed by atoms with Crippen molar-refractivity contribution in [2.75, 3.05) is 6.61 Å². The van der Waals surface area contributed by atoms with Gasteiger partial charge in [-0.3, -0.25) is 0 Å². The van der Waals surface area contributed by atoms with Gasteiger partial charge in [-0.05, 0) is 13.0 Å². The Morgan fingerprint density at radius 1 is 1.33 bits per heavy atom. The molecule has 0 aromatic carbocycles. The number of aromatic nitrogens is 2. The third-order valence-electron chi connectivity index (χ3n) is 1.45. The molecule has 0 spiro atoms. The summed E-state index contributed by atoms with van der Waals surface area (Å²) in [4.78, 5) is 6.37. The Bertz CT molecular complexity index is 332. The number of rotatable bonds is 3. The van der Waals surface area contributed by atoms with Crippen LogP contribution in [-0.2, 0) is 10.9 Å². The van der Waals surface area contributed by atoms with Gasteiger partial charge in [-0.25, -0.2) is 9.97 Å². The molecule has 0 bridgehead atoms. The molecule has 0 fully saturated rings. The van der Waals surface area contributed by atoms with Crippen molar-refractivity contribution in [3.8, 4) is 0 Å². The van der Waals surface area contributed by atoms with E-state index in [4.69, 9.17) is 4.74 Å². The summed E-state index contributed by atoms with van der Waals surface area (Å²) in [5.41, 5.74) is 0.455. The van der Waals surface area contributed by atoms with Gasteiger partial charge in [-0.1, -0.05) is 0 Å². The molecule has 1 aromatic rings. The summed E-state index contributed by atoms with van der Waals surface area (Å²) in [5, 5.41) is 0. The van der Waals surface area contributed by atoms with Crippen molar-refractivity contribution in [3.05, 3.63) is 30.0 Å². The van der Waals surface area contributed by atoms with Gasteiger partial charge < -0.3 is 4.74 Å². The van der Waals surface area contributed by atoms with E-state index in [2.05, 4.69) is 9.97 Å². The monoisotopic (exact) mass is 218 g/mol. The lowest BCUT2D eigenvalue weighted by Gasteiger charge is -2.03. The summed E-state index contributed by atoms with van der Waals surface area (Å²) in [6.07, 6.45) is 0.550. The molecule has 3 nitrogen and oxygen atoms in total. The largest absolute Gasteiger partial charge is 0.501 e. The van der Waals surface area contributed by atoms with Crippen LogP contribution in [-0.4, -0.2) is 16.6 Å². The predicted molar refractivity (Wildman–Crippen MR) is 47.7 cm³/mol. The van der Waals surface area contributed by atoms with Crippen LogP contribution in [0.3, 0.4) is 0 Å². The molecule has 1 aromatic heterocycles. The highest BCUT2D eigenvalue weighted by Gasteiger charge is 2.34. The molecule has 0 saturated heterocycles. The van der Waals surface area contributed by atoms with Crippen molar-refractivity contribution in [3.63, 3.8) is 0 Å². The Kier molecular flexibility index (Phi) is 3.65. The first-order valence-corrected chi connectivity index (χ1v) is 4.21. The molecule has 0 aliphatic heterocycles. The van der Waals surface area contributed by atoms with E-state index < -0.39 is 12.0 Å². The Balaban J connectivity index is 2.73. The molecule has 0 atom stereocenters. The molecule has 6 heteroatoms.